The molecule has 0 saturated heterocycles. The number of amides is 1. The minimum absolute atomic E-state index is 0.105. The first-order valence-corrected chi connectivity index (χ1v) is 3.08. The molecule has 5 nitrogen and oxygen atoms in total. The van der Waals surface area contributed by atoms with Crippen LogP contribution in [0.1, 0.15) is 0 Å². The second kappa shape index (κ2) is 3.05. The van der Waals surface area contributed by atoms with E-state index < -0.39 is 5.91 Å². The molecular formula is C6H9N3O2. The lowest BCUT2D eigenvalue weighted by atomic mass is 10.6. The van der Waals surface area contributed by atoms with Crippen LogP contribution < -0.4 is 10.5 Å². The van der Waals surface area contributed by atoms with Crippen molar-refractivity contribution in [2.24, 2.45) is 12.8 Å². The van der Waals surface area contributed by atoms with E-state index in [0.29, 0.717) is 5.75 Å². The number of primary amides is 1. The van der Waals surface area contributed by atoms with Crippen molar-refractivity contribution in [3.8, 4) is 5.75 Å². The minimum atomic E-state index is -0.492. The molecule has 11 heavy (non-hydrogen) atoms. The normalized spacial score (nSPS) is 9.55. The summed E-state index contributed by atoms with van der Waals surface area (Å²) in [7, 11) is 1.76. The Balaban J connectivity index is 2.45. The van der Waals surface area contributed by atoms with E-state index in [-0.39, 0.29) is 6.61 Å². The van der Waals surface area contributed by atoms with Gasteiger partial charge in [-0.1, -0.05) is 0 Å². The predicted octanol–water partition coefficient (Wildman–Crippen LogP) is -0.716. The van der Waals surface area contributed by atoms with Crippen molar-refractivity contribution in [1.82, 2.24) is 9.78 Å². The smallest absolute Gasteiger partial charge is 0.255 e. The number of hydrogen-bond donors (Lipinski definition) is 1. The summed E-state index contributed by atoms with van der Waals surface area (Å²) < 4.78 is 6.51. The fourth-order valence-corrected chi connectivity index (χ4v) is 0.628. The van der Waals surface area contributed by atoms with Crippen LogP contribution in [0.5, 0.6) is 5.75 Å². The Kier molecular flexibility index (Phi) is 2.10. The van der Waals surface area contributed by atoms with Crippen LogP contribution in [0.4, 0.5) is 0 Å². The molecule has 0 aromatic carbocycles. The molecule has 0 aliphatic heterocycles. The van der Waals surface area contributed by atoms with Crippen molar-refractivity contribution >= 4 is 5.91 Å². The minimum Gasteiger partial charge on any atom is -0.480 e. The number of hydrogen-bond acceptors (Lipinski definition) is 3. The van der Waals surface area contributed by atoms with Gasteiger partial charge in [-0.2, -0.15) is 5.10 Å². The third-order valence-corrected chi connectivity index (χ3v) is 1.06. The lowest BCUT2D eigenvalue weighted by Crippen LogP contribution is -2.19. The van der Waals surface area contributed by atoms with E-state index in [1.807, 2.05) is 0 Å². The topological polar surface area (TPSA) is 70.1 Å². The van der Waals surface area contributed by atoms with Gasteiger partial charge in [0.1, 0.15) is 0 Å². The Labute approximate surface area is 63.7 Å². The Morgan fingerprint density at radius 1 is 1.91 bits per heavy atom. The Bertz CT molecular complexity index is 256. The largest absolute Gasteiger partial charge is 0.480 e. The van der Waals surface area contributed by atoms with Gasteiger partial charge < -0.3 is 10.5 Å². The molecule has 1 aromatic heterocycles. The monoisotopic (exact) mass is 155 g/mol. The average molecular weight is 155 g/mol. The van der Waals surface area contributed by atoms with Crippen molar-refractivity contribution in [3.05, 3.63) is 12.4 Å². The lowest BCUT2D eigenvalue weighted by Gasteiger charge is -1.96. The van der Waals surface area contributed by atoms with Gasteiger partial charge in [-0.05, 0) is 0 Å². The first kappa shape index (κ1) is 7.59. The zero-order valence-corrected chi connectivity index (χ0v) is 6.15. The van der Waals surface area contributed by atoms with Crippen molar-refractivity contribution in [3.63, 3.8) is 0 Å². The summed E-state index contributed by atoms with van der Waals surface area (Å²) >= 11 is 0. The van der Waals surface area contributed by atoms with Gasteiger partial charge in [-0.15, -0.1) is 0 Å². The number of ether oxygens (including phenoxy) is 1. The summed E-state index contributed by atoms with van der Waals surface area (Å²) in [6.45, 7) is -0.105. The SMILES string of the molecule is Cn1cc(OCC(N)=O)cn1. The summed E-state index contributed by atoms with van der Waals surface area (Å²) in [5.41, 5.74) is 4.86. The molecule has 1 rings (SSSR count). The summed E-state index contributed by atoms with van der Waals surface area (Å²) in [6, 6.07) is 0. The fourth-order valence-electron chi connectivity index (χ4n) is 0.628. The van der Waals surface area contributed by atoms with Gasteiger partial charge in [0.15, 0.2) is 12.4 Å². The molecule has 0 atom stereocenters. The van der Waals surface area contributed by atoms with E-state index in [9.17, 15) is 4.79 Å². The highest BCUT2D eigenvalue weighted by Gasteiger charge is 1.98. The van der Waals surface area contributed by atoms with Crippen molar-refractivity contribution in [2.45, 2.75) is 0 Å². The summed E-state index contributed by atoms with van der Waals surface area (Å²) in [6.07, 6.45) is 3.17. The van der Waals surface area contributed by atoms with Crippen LogP contribution in [0.15, 0.2) is 12.4 Å². The molecule has 0 aliphatic carbocycles. The number of nitrogens with zero attached hydrogens (tertiary/aromatic N) is 2. The maximum absolute atomic E-state index is 10.2. The zero-order valence-electron chi connectivity index (χ0n) is 6.15. The van der Waals surface area contributed by atoms with Crippen molar-refractivity contribution in [1.29, 1.82) is 0 Å². The standard InChI is InChI=1S/C6H9N3O2/c1-9-3-5(2-8-9)11-4-6(7)10/h2-3H,4H2,1H3,(H2,7,10). The average Bonchev–Trinajstić information content (AvgIpc) is 2.31. The van der Waals surface area contributed by atoms with E-state index in [1.165, 1.54) is 6.20 Å². The van der Waals surface area contributed by atoms with Gasteiger partial charge in [0, 0.05) is 7.05 Å². The number of nitrogens with two attached hydrogens (primary N) is 1. The van der Waals surface area contributed by atoms with Crippen LogP contribution in [-0.4, -0.2) is 22.3 Å². The molecule has 1 heterocycles. The molecule has 0 unspecified atom stereocenters. The highest BCUT2D eigenvalue weighted by Crippen LogP contribution is 2.05. The number of carbonyl (C=O) groups excluding carboxylic acids is 1. The zero-order chi connectivity index (χ0) is 8.27. The molecule has 0 bridgehead atoms. The van der Waals surface area contributed by atoms with Gasteiger partial charge in [-0.25, -0.2) is 0 Å². The number of rotatable bonds is 3. The van der Waals surface area contributed by atoms with Crippen LogP contribution in [-0.2, 0) is 11.8 Å². The van der Waals surface area contributed by atoms with E-state index >= 15 is 0 Å². The Morgan fingerprint density at radius 2 is 2.64 bits per heavy atom. The second-order valence-corrected chi connectivity index (χ2v) is 2.10. The van der Waals surface area contributed by atoms with E-state index in [0.717, 1.165) is 0 Å². The van der Waals surface area contributed by atoms with Crippen molar-refractivity contribution < 1.29 is 9.53 Å². The number of aromatic nitrogens is 2. The van der Waals surface area contributed by atoms with Gasteiger partial charge in [0.25, 0.3) is 5.91 Å². The van der Waals surface area contributed by atoms with Gasteiger partial charge in [0.05, 0.1) is 12.4 Å². The number of aryl methyl sites for hydroxylation is 1. The van der Waals surface area contributed by atoms with Crippen molar-refractivity contribution in [2.75, 3.05) is 6.61 Å². The van der Waals surface area contributed by atoms with Gasteiger partial charge in [-0.3, -0.25) is 9.48 Å². The molecule has 0 saturated carbocycles. The highest BCUT2D eigenvalue weighted by molar-refractivity contribution is 5.75. The molecule has 60 valence electrons. The Morgan fingerprint density at radius 3 is 3.09 bits per heavy atom. The summed E-state index contributed by atoms with van der Waals surface area (Å²) in [4.78, 5) is 10.2. The second-order valence-electron chi connectivity index (χ2n) is 2.10. The quantitative estimate of drug-likeness (QED) is 0.626. The molecule has 5 heteroatoms. The van der Waals surface area contributed by atoms with Crippen LogP contribution >= 0.6 is 0 Å². The molecule has 2 N–H and O–H groups in total. The first-order chi connectivity index (χ1) is 5.18. The van der Waals surface area contributed by atoms with E-state index in [1.54, 1.807) is 17.9 Å². The summed E-state index contributed by atoms with van der Waals surface area (Å²) in [5.74, 6) is 0.0557. The first-order valence-electron chi connectivity index (χ1n) is 3.08. The van der Waals surface area contributed by atoms with E-state index in [4.69, 9.17) is 10.5 Å². The molecule has 0 aliphatic rings. The maximum atomic E-state index is 10.2. The molecular weight excluding hydrogens is 146 g/mol. The van der Waals surface area contributed by atoms with Crippen LogP contribution in [0, 0.1) is 0 Å². The predicted molar refractivity (Wildman–Crippen MR) is 37.9 cm³/mol. The lowest BCUT2D eigenvalue weighted by molar-refractivity contribution is -0.119. The van der Waals surface area contributed by atoms with Crippen LogP contribution in [0.25, 0.3) is 0 Å². The van der Waals surface area contributed by atoms with Gasteiger partial charge in [0.2, 0.25) is 0 Å². The van der Waals surface area contributed by atoms with Crippen LogP contribution in [0.3, 0.4) is 0 Å². The van der Waals surface area contributed by atoms with Gasteiger partial charge >= 0.3 is 0 Å². The molecule has 0 radical (unpaired) electrons. The molecule has 1 amide bonds. The summed E-state index contributed by atoms with van der Waals surface area (Å²) in [5, 5.41) is 3.83. The highest BCUT2D eigenvalue weighted by atomic mass is 16.5. The number of carbonyl (C=O) groups is 1. The van der Waals surface area contributed by atoms with Crippen LogP contribution in [0.2, 0.25) is 0 Å². The maximum Gasteiger partial charge on any atom is 0.255 e. The van der Waals surface area contributed by atoms with E-state index in [2.05, 4.69) is 5.10 Å². The third kappa shape index (κ3) is 2.29. The fraction of sp³-hybridized carbons (Fsp3) is 0.333. The third-order valence-electron chi connectivity index (χ3n) is 1.06. The molecule has 1 aromatic rings. The molecule has 0 spiro atoms. The Hall–Kier alpha value is -1.52. The molecule has 0 fully saturated rings.